The molecular weight excluding hydrogens is 418 g/mol. The van der Waals surface area contributed by atoms with Crippen molar-refractivity contribution >= 4 is 21.9 Å². The van der Waals surface area contributed by atoms with Crippen LogP contribution in [-0.2, 0) is 6.54 Å². The lowest BCUT2D eigenvalue weighted by molar-refractivity contribution is 0.0696. The fourth-order valence-electron chi connectivity index (χ4n) is 3.08. The highest BCUT2D eigenvalue weighted by Crippen LogP contribution is 2.34. The molecule has 146 valence electrons. The minimum absolute atomic E-state index is 0.298. The molecule has 3 rings (SSSR count). The van der Waals surface area contributed by atoms with Gasteiger partial charge in [0.15, 0.2) is 0 Å². The summed E-state index contributed by atoms with van der Waals surface area (Å²) in [5.41, 5.74) is 4.40. The predicted molar refractivity (Wildman–Crippen MR) is 115 cm³/mol. The number of hydrogen-bond donors (Lipinski definition) is 1. The molecular formula is C23H24BrNO3. The van der Waals surface area contributed by atoms with E-state index in [4.69, 9.17) is 4.74 Å². The average Bonchev–Trinajstić information content (AvgIpc) is 3.01. The number of carboxylic acid groups (broad SMARTS) is 1. The van der Waals surface area contributed by atoms with Crippen LogP contribution < -0.4 is 4.74 Å². The van der Waals surface area contributed by atoms with Crippen molar-refractivity contribution in [3.05, 3.63) is 75.9 Å². The molecule has 0 saturated heterocycles. The fourth-order valence-corrected chi connectivity index (χ4v) is 3.45. The van der Waals surface area contributed by atoms with Crippen molar-refractivity contribution in [2.24, 2.45) is 5.92 Å². The van der Waals surface area contributed by atoms with E-state index >= 15 is 0 Å². The van der Waals surface area contributed by atoms with Gasteiger partial charge in [0.1, 0.15) is 5.75 Å². The number of aromatic carboxylic acids is 1. The Morgan fingerprint density at radius 1 is 1.14 bits per heavy atom. The van der Waals surface area contributed by atoms with Gasteiger partial charge in [0, 0.05) is 22.3 Å². The highest BCUT2D eigenvalue weighted by molar-refractivity contribution is 9.10. The third kappa shape index (κ3) is 4.65. The van der Waals surface area contributed by atoms with Crippen molar-refractivity contribution in [3.63, 3.8) is 0 Å². The summed E-state index contributed by atoms with van der Waals surface area (Å²) in [6.45, 7) is 7.54. The van der Waals surface area contributed by atoms with Gasteiger partial charge in [0.05, 0.1) is 17.9 Å². The smallest absolute Gasteiger partial charge is 0.335 e. The molecule has 0 saturated carbocycles. The van der Waals surface area contributed by atoms with Gasteiger partial charge in [-0.3, -0.25) is 0 Å². The van der Waals surface area contributed by atoms with Crippen LogP contribution in [0.3, 0.4) is 0 Å². The van der Waals surface area contributed by atoms with E-state index < -0.39 is 5.97 Å². The highest BCUT2D eigenvalue weighted by atomic mass is 79.9. The molecule has 28 heavy (non-hydrogen) atoms. The van der Waals surface area contributed by atoms with Gasteiger partial charge in [-0.1, -0.05) is 41.9 Å². The number of ether oxygens (including phenoxy) is 1. The Kier molecular flexibility index (Phi) is 6.25. The summed E-state index contributed by atoms with van der Waals surface area (Å²) in [6.07, 6.45) is 0. The van der Waals surface area contributed by atoms with E-state index in [9.17, 15) is 9.90 Å². The predicted octanol–water partition coefficient (Wildman–Crippen LogP) is 6.01. The van der Waals surface area contributed by atoms with E-state index in [0.29, 0.717) is 24.6 Å². The number of carboxylic acids is 1. The Morgan fingerprint density at radius 3 is 2.64 bits per heavy atom. The first-order valence-electron chi connectivity index (χ1n) is 9.26. The lowest BCUT2D eigenvalue weighted by Crippen LogP contribution is -2.08. The maximum Gasteiger partial charge on any atom is 0.335 e. The van der Waals surface area contributed by atoms with Gasteiger partial charge in [-0.05, 0) is 60.9 Å². The SMILES string of the molecule is Cc1ccc(-c2cc(Br)ccc2OCC(C)C)n1Cc1cccc(C(=O)O)c1. The molecule has 0 aliphatic rings. The Hall–Kier alpha value is -2.53. The summed E-state index contributed by atoms with van der Waals surface area (Å²) in [5.74, 6) is 0.363. The summed E-state index contributed by atoms with van der Waals surface area (Å²) in [7, 11) is 0. The number of nitrogens with zero attached hydrogens (tertiary/aromatic N) is 1. The van der Waals surface area contributed by atoms with E-state index in [1.165, 1.54) is 0 Å². The van der Waals surface area contributed by atoms with Crippen molar-refractivity contribution < 1.29 is 14.6 Å². The summed E-state index contributed by atoms with van der Waals surface area (Å²) >= 11 is 3.57. The number of aromatic nitrogens is 1. The number of rotatable bonds is 7. The lowest BCUT2D eigenvalue weighted by Gasteiger charge is -2.17. The molecule has 4 nitrogen and oxygen atoms in total. The number of carbonyl (C=O) groups is 1. The number of halogens is 1. The van der Waals surface area contributed by atoms with Crippen molar-refractivity contribution in [1.29, 1.82) is 0 Å². The van der Waals surface area contributed by atoms with Gasteiger partial charge in [-0.15, -0.1) is 0 Å². The van der Waals surface area contributed by atoms with Crippen molar-refractivity contribution in [2.75, 3.05) is 6.61 Å². The van der Waals surface area contributed by atoms with Crippen LogP contribution in [0.15, 0.2) is 59.1 Å². The zero-order valence-electron chi connectivity index (χ0n) is 16.3. The van der Waals surface area contributed by atoms with Crippen molar-refractivity contribution in [1.82, 2.24) is 4.57 Å². The van der Waals surface area contributed by atoms with Crippen LogP contribution in [0, 0.1) is 12.8 Å². The van der Waals surface area contributed by atoms with Gasteiger partial charge in [-0.2, -0.15) is 0 Å². The second-order valence-corrected chi connectivity index (χ2v) is 8.21. The first kappa shape index (κ1) is 20.2. The number of hydrogen-bond acceptors (Lipinski definition) is 2. The van der Waals surface area contributed by atoms with Gasteiger partial charge < -0.3 is 14.4 Å². The van der Waals surface area contributed by atoms with E-state index in [2.05, 4.69) is 59.5 Å². The van der Waals surface area contributed by atoms with E-state index in [-0.39, 0.29) is 0 Å². The van der Waals surface area contributed by atoms with Crippen LogP contribution in [0.5, 0.6) is 5.75 Å². The largest absolute Gasteiger partial charge is 0.493 e. The van der Waals surface area contributed by atoms with E-state index in [1.807, 2.05) is 18.2 Å². The maximum atomic E-state index is 11.3. The molecule has 1 N–H and O–H groups in total. The second-order valence-electron chi connectivity index (χ2n) is 7.30. The zero-order chi connectivity index (χ0) is 20.3. The van der Waals surface area contributed by atoms with E-state index in [0.717, 1.165) is 32.7 Å². The monoisotopic (exact) mass is 441 g/mol. The number of aryl methyl sites for hydroxylation is 1. The van der Waals surface area contributed by atoms with Crippen LogP contribution in [0.25, 0.3) is 11.3 Å². The van der Waals surface area contributed by atoms with Crippen LogP contribution in [0.1, 0.15) is 35.5 Å². The average molecular weight is 442 g/mol. The minimum atomic E-state index is -0.914. The third-order valence-electron chi connectivity index (χ3n) is 4.50. The molecule has 0 aliphatic heterocycles. The maximum absolute atomic E-state index is 11.3. The second kappa shape index (κ2) is 8.65. The molecule has 0 bridgehead atoms. The normalized spacial score (nSPS) is 11.0. The molecule has 2 aromatic carbocycles. The molecule has 0 atom stereocenters. The standard InChI is InChI=1S/C23H24BrNO3/c1-15(2)14-28-22-10-8-19(24)12-20(22)21-9-7-16(3)25(21)13-17-5-4-6-18(11-17)23(26)27/h4-12,15H,13-14H2,1-3H3,(H,26,27). The molecule has 5 heteroatoms. The summed E-state index contributed by atoms with van der Waals surface area (Å²) in [6, 6.07) is 17.3. The fraction of sp³-hybridized carbons (Fsp3) is 0.261. The summed E-state index contributed by atoms with van der Waals surface area (Å²) in [4.78, 5) is 11.3. The van der Waals surface area contributed by atoms with Crippen LogP contribution in [0.2, 0.25) is 0 Å². The Balaban J connectivity index is 2.01. The first-order valence-corrected chi connectivity index (χ1v) is 10.1. The molecule has 0 spiro atoms. The topological polar surface area (TPSA) is 51.5 Å². The van der Waals surface area contributed by atoms with E-state index in [1.54, 1.807) is 18.2 Å². The molecule has 0 aliphatic carbocycles. The lowest BCUT2D eigenvalue weighted by atomic mass is 10.1. The molecule has 0 unspecified atom stereocenters. The highest BCUT2D eigenvalue weighted by Gasteiger charge is 2.15. The molecule has 3 aromatic rings. The first-order chi connectivity index (χ1) is 13.3. The van der Waals surface area contributed by atoms with Gasteiger partial charge in [0.25, 0.3) is 0 Å². The molecule has 0 fully saturated rings. The summed E-state index contributed by atoms with van der Waals surface area (Å²) in [5, 5.41) is 9.26. The van der Waals surface area contributed by atoms with Gasteiger partial charge >= 0.3 is 5.97 Å². The van der Waals surface area contributed by atoms with Crippen LogP contribution in [0.4, 0.5) is 0 Å². The minimum Gasteiger partial charge on any atom is -0.493 e. The van der Waals surface area contributed by atoms with Gasteiger partial charge in [-0.25, -0.2) is 4.79 Å². The van der Waals surface area contributed by atoms with Crippen molar-refractivity contribution in [3.8, 4) is 17.0 Å². The Morgan fingerprint density at radius 2 is 1.93 bits per heavy atom. The van der Waals surface area contributed by atoms with Gasteiger partial charge in [0.2, 0.25) is 0 Å². The molecule has 0 amide bonds. The Labute approximate surface area is 173 Å². The summed E-state index contributed by atoms with van der Waals surface area (Å²) < 4.78 is 9.23. The molecule has 1 heterocycles. The third-order valence-corrected chi connectivity index (χ3v) is 5.00. The Bertz CT molecular complexity index is 991. The zero-order valence-corrected chi connectivity index (χ0v) is 17.9. The van der Waals surface area contributed by atoms with Crippen LogP contribution >= 0.6 is 15.9 Å². The quantitative estimate of drug-likeness (QED) is 0.488. The number of benzene rings is 2. The van der Waals surface area contributed by atoms with Crippen LogP contribution in [-0.4, -0.2) is 22.2 Å². The molecule has 0 radical (unpaired) electrons. The van der Waals surface area contributed by atoms with Crippen molar-refractivity contribution in [2.45, 2.75) is 27.3 Å². The molecule has 1 aromatic heterocycles.